The molecule has 0 saturated carbocycles. The second kappa shape index (κ2) is 8.55. The standard InChI is InChI=1S/C19H20ClF3N2O3/c20-10-15-9-16(26)18(27)17(28-15)12-25-6-4-24(5-7-25)11-13-2-1-3-14(8-13)19(21,22)23/h1-3,8-9,27H,4-7,10-12H2. The Kier molecular flexibility index (Phi) is 6.32. The highest BCUT2D eigenvalue weighted by molar-refractivity contribution is 6.16. The van der Waals surface area contributed by atoms with E-state index in [-0.39, 0.29) is 18.2 Å². The number of aromatic hydroxyl groups is 1. The van der Waals surface area contributed by atoms with Crippen LogP contribution in [-0.2, 0) is 25.1 Å². The van der Waals surface area contributed by atoms with E-state index in [2.05, 4.69) is 4.90 Å². The van der Waals surface area contributed by atoms with Crippen LogP contribution < -0.4 is 5.43 Å². The van der Waals surface area contributed by atoms with Crippen molar-refractivity contribution < 1.29 is 22.7 Å². The van der Waals surface area contributed by atoms with Gasteiger partial charge in [-0.3, -0.25) is 14.6 Å². The Morgan fingerprint density at radius 1 is 1.07 bits per heavy atom. The first-order valence-electron chi connectivity index (χ1n) is 8.78. The second-order valence-electron chi connectivity index (χ2n) is 6.73. The molecule has 0 radical (unpaired) electrons. The molecule has 1 aliphatic rings. The van der Waals surface area contributed by atoms with E-state index in [0.29, 0.717) is 44.0 Å². The molecule has 9 heteroatoms. The van der Waals surface area contributed by atoms with Gasteiger partial charge in [-0.25, -0.2) is 0 Å². The summed E-state index contributed by atoms with van der Waals surface area (Å²) in [6.45, 7) is 3.26. The van der Waals surface area contributed by atoms with Crippen LogP contribution in [0.3, 0.4) is 0 Å². The average Bonchev–Trinajstić information content (AvgIpc) is 2.66. The Labute approximate surface area is 164 Å². The zero-order chi connectivity index (χ0) is 20.3. The summed E-state index contributed by atoms with van der Waals surface area (Å²) in [5.74, 6) is 0.0881. The van der Waals surface area contributed by atoms with E-state index < -0.39 is 22.9 Å². The predicted molar refractivity (Wildman–Crippen MR) is 98.2 cm³/mol. The van der Waals surface area contributed by atoms with Crippen LogP contribution in [0, 0.1) is 0 Å². The summed E-state index contributed by atoms with van der Waals surface area (Å²) < 4.78 is 44.0. The van der Waals surface area contributed by atoms with Crippen LogP contribution in [0.2, 0.25) is 0 Å². The Morgan fingerprint density at radius 3 is 2.32 bits per heavy atom. The van der Waals surface area contributed by atoms with E-state index in [1.807, 2.05) is 4.90 Å². The van der Waals surface area contributed by atoms with E-state index >= 15 is 0 Å². The first-order chi connectivity index (χ1) is 13.3. The molecule has 0 bridgehead atoms. The zero-order valence-electron chi connectivity index (χ0n) is 15.0. The van der Waals surface area contributed by atoms with Crippen molar-refractivity contribution in [1.82, 2.24) is 9.80 Å². The van der Waals surface area contributed by atoms with Gasteiger partial charge in [-0.1, -0.05) is 18.2 Å². The summed E-state index contributed by atoms with van der Waals surface area (Å²) in [7, 11) is 0. The zero-order valence-corrected chi connectivity index (χ0v) is 15.8. The Morgan fingerprint density at radius 2 is 1.71 bits per heavy atom. The Hall–Kier alpha value is -2.03. The lowest BCUT2D eigenvalue weighted by Gasteiger charge is -2.34. The smallest absolute Gasteiger partial charge is 0.416 e. The Bertz CT molecular complexity index is 877. The van der Waals surface area contributed by atoms with E-state index in [9.17, 15) is 23.1 Å². The molecule has 1 fully saturated rings. The highest BCUT2D eigenvalue weighted by Gasteiger charge is 2.30. The van der Waals surface area contributed by atoms with Gasteiger partial charge in [0.15, 0.2) is 5.76 Å². The van der Waals surface area contributed by atoms with Crippen molar-refractivity contribution in [2.45, 2.75) is 25.1 Å². The van der Waals surface area contributed by atoms with E-state index in [1.165, 1.54) is 18.2 Å². The van der Waals surface area contributed by atoms with Crippen LogP contribution in [0.5, 0.6) is 5.75 Å². The van der Waals surface area contributed by atoms with Crippen LogP contribution in [0.4, 0.5) is 13.2 Å². The molecular formula is C19H20ClF3N2O3. The Balaban J connectivity index is 1.58. The monoisotopic (exact) mass is 416 g/mol. The van der Waals surface area contributed by atoms with E-state index in [0.717, 1.165) is 6.07 Å². The molecule has 1 aromatic carbocycles. The number of rotatable bonds is 5. The highest BCUT2D eigenvalue weighted by atomic mass is 35.5. The van der Waals surface area contributed by atoms with Gasteiger partial charge in [0.2, 0.25) is 11.2 Å². The van der Waals surface area contributed by atoms with Gasteiger partial charge in [-0.15, -0.1) is 11.6 Å². The number of hydrogen-bond acceptors (Lipinski definition) is 5. The lowest BCUT2D eigenvalue weighted by molar-refractivity contribution is -0.137. The summed E-state index contributed by atoms with van der Waals surface area (Å²) in [5.41, 5.74) is -0.560. The number of piperazine rings is 1. The molecule has 1 N–H and O–H groups in total. The fraction of sp³-hybridized carbons (Fsp3) is 0.421. The van der Waals surface area contributed by atoms with Crippen molar-refractivity contribution in [2.24, 2.45) is 0 Å². The van der Waals surface area contributed by atoms with Crippen molar-refractivity contribution >= 4 is 11.6 Å². The van der Waals surface area contributed by atoms with Gasteiger partial charge in [0.25, 0.3) is 0 Å². The van der Waals surface area contributed by atoms with Gasteiger partial charge in [0, 0.05) is 38.8 Å². The highest BCUT2D eigenvalue weighted by Crippen LogP contribution is 2.30. The van der Waals surface area contributed by atoms with Crippen molar-refractivity contribution in [3.63, 3.8) is 0 Å². The quantitative estimate of drug-likeness (QED) is 0.757. The van der Waals surface area contributed by atoms with Gasteiger partial charge in [0.1, 0.15) is 5.76 Å². The molecule has 0 atom stereocenters. The molecule has 2 aromatic rings. The van der Waals surface area contributed by atoms with Crippen LogP contribution in [0.25, 0.3) is 0 Å². The first kappa shape index (κ1) is 20.7. The lowest BCUT2D eigenvalue weighted by Crippen LogP contribution is -2.45. The van der Waals surface area contributed by atoms with E-state index in [1.54, 1.807) is 6.07 Å². The summed E-state index contributed by atoms with van der Waals surface area (Å²) >= 11 is 5.70. The SMILES string of the molecule is O=c1cc(CCl)oc(CN2CCN(Cc3cccc(C(F)(F)F)c3)CC2)c1O. The maximum absolute atomic E-state index is 12.8. The van der Waals surface area contributed by atoms with Crippen molar-refractivity contribution in [3.05, 3.63) is 63.2 Å². The van der Waals surface area contributed by atoms with E-state index in [4.69, 9.17) is 16.0 Å². The minimum absolute atomic E-state index is 0.0350. The number of halogens is 4. The summed E-state index contributed by atoms with van der Waals surface area (Å²) in [4.78, 5) is 15.8. The van der Waals surface area contributed by atoms with Gasteiger partial charge >= 0.3 is 6.18 Å². The molecule has 0 aliphatic carbocycles. The van der Waals surface area contributed by atoms with Crippen molar-refractivity contribution in [2.75, 3.05) is 26.2 Å². The van der Waals surface area contributed by atoms with Crippen molar-refractivity contribution in [1.29, 1.82) is 0 Å². The normalized spacial score (nSPS) is 16.4. The molecule has 1 aliphatic heterocycles. The molecular weight excluding hydrogens is 397 g/mol. The second-order valence-corrected chi connectivity index (χ2v) is 7.00. The molecule has 152 valence electrons. The molecule has 1 saturated heterocycles. The predicted octanol–water partition coefficient (Wildman–Crippen LogP) is 3.42. The summed E-state index contributed by atoms with van der Waals surface area (Å²) in [5, 5.41) is 9.91. The number of hydrogen-bond donors (Lipinski definition) is 1. The maximum Gasteiger partial charge on any atom is 0.416 e. The van der Waals surface area contributed by atoms with Crippen molar-refractivity contribution in [3.8, 4) is 5.75 Å². The fourth-order valence-corrected chi connectivity index (χ4v) is 3.31. The van der Waals surface area contributed by atoms with Gasteiger partial charge < -0.3 is 9.52 Å². The third kappa shape index (κ3) is 5.06. The van der Waals surface area contributed by atoms with Gasteiger partial charge in [-0.05, 0) is 11.6 Å². The third-order valence-electron chi connectivity index (χ3n) is 4.67. The molecule has 2 heterocycles. The molecule has 0 spiro atoms. The molecule has 5 nitrogen and oxygen atoms in total. The van der Waals surface area contributed by atoms with Crippen LogP contribution in [-0.4, -0.2) is 41.1 Å². The first-order valence-corrected chi connectivity index (χ1v) is 9.31. The average molecular weight is 417 g/mol. The maximum atomic E-state index is 12.8. The molecule has 3 rings (SSSR count). The van der Waals surface area contributed by atoms with Crippen LogP contribution in [0.15, 0.2) is 39.5 Å². The summed E-state index contributed by atoms with van der Waals surface area (Å²) in [6.07, 6.45) is -4.35. The summed E-state index contributed by atoms with van der Waals surface area (Å²) in [6, 6.07) is 6.52. The van der Waals surface area contributed by atoms with Crippen LogP contribution in [0.1, 0.15) is 22.6 Å². The molecule has 1 aromatic heterocycles. The molecule has 28 heavy (non-hydrogen) atoms. The third-order valence-corrected chi connectivity index (χ3v) is 4.93. The fourth-order valence-electron chi connectivity index (χ4n) is 3.17. The number of nitrogens with zero attached hydrogens (tertiary/aromatic N) is 2. The minimum Gasteiger partial charge on any atom is -0.502 e. The number of benzene rings is 1. The molecule has 0 unspecified atom stereocenters. The minimum atomic E-state index is -4.35. The van der Waals surface area contributed by atoms with Gasteiger partial charge in [0.05, 0.1) is 18.0 Å². The topological polar surface area (TPSA) is 56.9 Å². The number of alkyl halides is 4. The lowest BCUT2D eigenvalue weighted by atomic mass is 10.1. The van der Waals surface area contributed by atoms with Crippen LogP contribution >= 0.6 is 11.6 Å². The van der Waals surface area contributed by atoms with Gasteiger partial charge in [-0.2, -0.15) is 13.2 Å². The largest absolute Gasteiger partial charge is 0.502 e. The molecule has 0 amide bonds.